The van der Waals surface area contributed by atoms with E-state index in [4.69, 9.17) is 10.5 Å². The minimum atomic E-state index is -1.54. The predicted molar refractivity (Wildman–Crippen MR) is 107 cm³/mol. The molecule has 0 saturated carbocycles. The molecule has 2 aromatic rings. The molecule has 8 heteroatoms. The first-order valence-corrected chi connectivity index (χ1v) is 9.62. The van der Waals surface area contributed by atoms with Gasteiger partial charge in [0.05, 0.1) is 5.56 Å². The molecule has 0 spiro atoms. The van der Waals surface area contributed by atoms with Crippen molar-refractivity contribution in [2.75, 3.05) is 6.54 Å². The normalized spacial score (nSPS) is 18.9. The average molecular weight is 419 g/mol. The van der Waals surface area contributed by atoms with Crippen LogP contribution in [0.3, 0.4) is 0 Å². The lowest BCUT2D eigenvalue weighted by Gasteiger charge is -2.38. The van der Waals surface area contributed by atoms with Gasteiger partial charge in [0.1, 0.15) is 17.5 Å². The third-order valence-electron chi connectivity index (χ3n) is 4.79. The molecule has 5 nitrogen and oxygen atoms in total. The molecule has 3 rings (SSSR count). The fraction of sp³-hybridized carbons (Fsp3) is 0.364. The summed E-state index contributed by atoms with van der Waals surface area (Å²) in [5.41, 5.74) is 3.37. The van der Waals surface area contributed by atoms with Gasteiger partial charge in [0.25, 0.3) is 5.91 Å². The number of ether oxygens (including phenoxy) is 1. The molecular formula is C22H24F3N3O2. The summed E-state index contributed by atoms with van der Waals surface area (Å²) in [5, 5.41) is 5.36. The van der Waals surface area contributed by atoms with Crippen LogP contribution < -0.4 is 5.73 Å². The van der Waals surface area contributed by atoms with E-state index < -0.39 is 34.5 Å². The molecule has 0 fully saturated rings. The third-order valence-corrected chi connectivity index (χ3v) is 4.79. The quantitative estimate of drug-likeness (QED) is 0.787. The molecule has 160 valence electrons. The maximum Gasteiger partial charge on any atom is 0.251 e. The molecule has 1 atom stereocenters. The number of benzene rings is 2. The Balaban J connectivity index is 2.21. The van der Waals surface area contributed by atoms with Crippen LogP contribution >= 0.6 is 0 Å². The van der Waals surface area contributed by atoms with E-state index in [-0.39, 0.29) is 24.4 Å². The van der Waals surface area contributed by atoms with Crippen molar-refractivity contribution < 1.29 is 22.7 Å². The lowest BCUT2D eigenvalue weighted by molar-refractivity contribution is -0.161. The number of nitrogens with zero attached hydrogens (tertiary/aromatic N) is 2. The number of hydrogen-bond donors (Lipinski definition) is 1. The summed E-state index contributed by atoms with van der Waals surface area (Å²) in [4.78, 5) is 13.3. The van der Waals surface area contributed by atoms with E-state index in [0.29, 0.717) is 12.0 Å². The Morgan fingerprint density at radius 2 is 1.83 bits per heavy atom. The number of nitrogens with two attached hydrogens (primary N) is 1. The van der Waals surface area contributed by atoms with Gasteiger partial charge in [-0.3, -0.25) is 4.79 Å². The molecule has 0 aromatic heterocycles. The van der Waals surface area contributed by atoms with Gasteiger partial charge in [-0.2, -0.15) is 5.01 Å². The van der Waals surface area contributed by atoms with Crippen molar-refractivity contribution in [3.8, 4) is 0 Å². The number of carbonyl (C=O) groups excluding carboxylic acids is 1. The zero-order chi connectivity index (χ0) is 22.1. The Labute approximate surface area is 173 Å². The number of rotatable bonds is 5. The van der Waals surface area contributed by atoms with Crippen LogP contribution in [0, 0.1) is 22.9 Å². The molecule has 0 saturated heterocycles. The largest absolute Gasteiger partial charge is 0.443 e. The first-order valence-electron chi connectivity index (χ1n) is 9.62. The molecule has 1 amide bonds. The van der Waals surface area contributed by atoms with Gasteiger partial charge >= 0.3 is 0 Å². The van der Waals surface area contributed by atoms with Crippen LogP contribution in [0.5, 0.6) is 0 Å². The summed E-state index contributed by atoms with van der Waals surface area (Å²) in [6, 6.07) is 8.45. The molecule has 2 aromatic carbocycles. The van der Waals surface area contributed by atoms with Gasteiger partial charge in [0, 0.05) is 17.4 Å². The summed E-state index contributed by atoms with van der Waals surface area (Å²) in [7, 11) is 0. The van der Waals surface area contributed by atoms with Gasteiger partial charge in [-0.1, -0.05) is 32.9 Å². The van der Waals surface area contributed by atoms with Gasteiger partial charge < -0.3 is 10.5 Å². The second-order valence-corrected chi connectivity index (χ2v) is 8.19. The van der Waals surface area contributed by atoms with Crippen LogP contribution in [-0.4, -0.2) is 23.4 Å². The van der Waals surface area contributed by atoms with Gasteiger partial charge in [-0.15, -0.1) is 5.10 Å². The van der Waals surface area contributed by atoms with Crippen molar-refractivity contribution in [3.05, 3.63) is 71.0 Å². The third kappa shape index (κ3) is 4.05. The SMILES string of the molecule is CC(C)(C)C(=O)N1N=C(c2cc(F)ccc2F)OC1(CCCN)c1cccc(F)c1. The Bertz CT molecular complexity index is 988. The van der Waals surface area contributed by atoms with Crippen LogP contribution in [-0.2, 0) is 15.3 Å². The maximum absolute atomic E-state index is 14.4. The Morgan fingerprint density at radius 1 is 1.13 bits per heavy atom. The molecule has 1 aliphatic heterocycles. The van der Waals surface area contributed by atoms with Crippen LogP contribution in [0.15, 0.2) is 47.6 Å². The van der Waals surface area contributed by atoms with Gasteiger partial charge in [0.15, 0.2) is 0 Å². The van der Waals surface area contributed by atoms with E-state index in [1.807, 2.05) is 0 Å². The van der Waals surface area contributed by atoms with Crippen molar-refractivity contribution >= 4 is 11.8 Å². The zero-order valence-corrected chi connectivity index (χ0v) is 17.1. The number of amides is 1. The van der Waals surface area contributed by atoms with E-state index in [2.05, 4.69) is 5.10 Å². The fourth-order valence-corrected chi connectivity index (χ4v) is 3.25. The summed E-state index contributed by atoms with van der Waals surface area (Å²) < 4.78 is 48.4. The molecule has 1 aliphatic rings. The molecule has 30 heavy (non-hydrogen) atoms. The lowest BCUT2D eigenvalue weighted by Crippen LogP contribution is -2.49. The first kappa shape index (κ1) is 21.8. The van der Waals surface area contributed by atoms with Crippen molar-refractivity contribution in [3.63, 3.8) is 0 Å². The number of halogens is 3. The second kappa shape index (κ2) is 8.10. The highest BCUT2D eigenvalue weighted by atomic mass is 19.1. The summed E-state index contributed by atoms with van der Waals surface area (Å²) in [6.07, 6.45) is 0.595. The molecule has 1 unspecified atom stereocenters. The van der Waals surface area contributed by atoms with Crippen molar-refractivity contribution in [2.24, 2.45) is 16.3 Å². The van der Waals surface area contributed by atoms with E-state index in [0.717, 1.165) is 23.2 Å². The number of hydrogen-bond acceptors (Lipinski definition) is 4. The zero-order valence-electron chi connectivity index (χ0n) is 17.1. The molecule has 0 aliphatic carbocycles. The van der Waals surface area contributed by atoms with Crippen LogP contribution in [0.2, 0.25) is 0 Å². The Hall–Kier alpha value is -2.87. The van der Waals surface area contributed by atoms with E-state index in [1.165, 1.54) is 18.2 Å². The molecule has 1 heterocycles. The van der Waals surface area contributed by atoms with Gasteiger partial charge in [-0.25, -0.2) is 13.2 Å². The van der Waals surface area contributed by atoms with Crippen molar-refractivity contribution in [1.29, 1.82) is 0 Å². The van der Waals surface area contributed by atoms with Crippen LogP contribution in [0.4, 0.5) is 13.2 Å². The monoisotopic (exact) mass is 419 g/mol. The fourth-order valence-electron chi connectivity index (χ4n) is 3.25. The van der Waals surface area contributed by atoms with E-state index in [9.17, 15) is 18.0 Å². The van der Waals surface area contributed by atoms with E-state index in [1.54, 1.807) is 26.8 Å². The topological polar surface area (TPSA) is 67.9 Å². The summed E-state index contributed by atoms with van der Waals surface area (Å²) in [6.45, 7) is 5.38. The smallest absolute Gasteiger partial charge is 0.251 e. The van der Waals surface area contributed by atoms with Crippen molar-refractivity contribution in [2.45, 2.75) is 39.3 Å². The highest BCUT2D eigenvalue weighted by molar-refractivity contribution is 5.97. The van der Waals surface area contributed by atoms with Crippen molar-refractivity contribution in [1.82, 2.24) is 5.01 Å². The first-order chi connectivity index (χ1) is 14.1. The minimum absolute atomic E-state index is 0.179. The highest BCUT2D eigenvalue weighted by Crippen LogP contribution is 2.43. The minimum Gasteiger partial charge on any atom is -0.443 e. The lowest BCUT2D eigenvalue weighted by atomic mass is 9.91. The maximum atomic E-state index is 14.4. The Morgan fingerprint density at radius 3 is 2.47 bits per heavy atom. The molecule has 0 radical (unpaired) electrons. The number of hydrazone groups is 1. The molecular weight excluding hydrogens is 395 g/mol. The predicted octanol–water partition coefficient (Wildman–Crippen LogP) is 4.26. The van der Waals surface area contributed by atoms with Gasteiger partial charge in [0.2, 0.25) is 11.6 Å². The van der Waals surface area contributed by atoms with Gasteiger partial charge in [-0.05, 0) is 43.3 Å². The Kier molecular flexibility index (Phi) is 5.90. The molecule has 0 bridgehead atoms. The van der Waals surface area contributed by atoms with E-state index >= 15 is 0 Å². The summed E-state index contributed by atoms with van der Waals surface area (Å²) in [5.74, 6) is -2.65. The summed E-state index contributed by atoms with van der Waals surface area (Å²) >= 11 is 0. The molecule has 2 N–H and O–H groups in total. The van der Waals surface area contributed by atoms with Crippen LogP contribution in [0.25, 0.3) is 0 Å². The standard InChI is InChI=1S/C22H24F3N3O2/c1-21(2,3)20(29)28-22(10-5-11-26,14-6-4-7-15(23)12-14)30-19(27-28)17-13-16(24)8-9-18(17)25/h4,6-9,12-13H,5,10-11,26H2,1-3H3. The average Bonchev–Trinajstić information content (AvgIpc) is 3.07. The number of carbonyl (C=O) groups is 1. The highest BCUT2D eigenvalue weighted by Gasteiger charge is 2.52. The second-order valence-electron chi connectivity index (χ2n) is 8.19. The van der Waals surface area contributed by atoms with Crippen LogP contribution in [0.1, 0.15) is 44.7 Å².